The Balaban J connectivity index is 0.000000202. The fraction of sp³-hybridized carbons (Fsp3) is 0. The summed E-state index contributed by atoms with van der Waals surface area (Å²) in [6.07, 6.45) is 3.50. The fourth-order valence-corrected chi connectivity index (χ4v) is 0.313. The molecule has 0 aromatic carbocycles. The Morgan fingerprint density at radius 1 is 1.17 bits per heavy atom. The molecular formula is C8H9NO3. The number of aromatic nitrogens is 1. The van der Waals surface area contributed by atoms with Crippen LogP contribution in [0.25, 0.3) is 0 Å². The van der Waals surface area contributed by atoms with Gasteiger partial charge in [-0.15, -0.1) is 0 Å². The minimum Gasteiger partial charge on any atom is -0.502 e. The largest absolute Gasteiger partial charge is 0.502 e. The van der Waals surface area contributed by atoms with Crippen molar-refractivity contribution in [1.82, 2.24) is 4.98 Å². The summed E-state index contributed by atoms with van der Waals surface area (Å²) in [6, 6.07) is 5.72. The zero-order valence-electron chi connectivity index (χ0n) is 6.34. The van der Waals surface area contributed by atoms with E-state index in [9.17, 15) is 4.79 Å². The number of hydrogen-bond donors (Lipinski definition) is 2. The molecule has 0 aliphatic carbocycles. The molecule has 0 aliphatic rings. The Hall–Kier alpha value is -1.84. The predicted molar refractivity (Wildman–Crippen MR) is 43.6 cm³/mol. The second-order valence-electron chi connectivity index (χ2n) is 1.78. The molecule has 1 aromatic rings. The smallest absolute Gasteiger partial charge is 0.370 e. The Labute approximate surface area is 69.8 Å². The number of carboxylic acids is 1. The second-order valence-corrected chi connectivity index (χ2v) is 1.78. The number of hydrogen-bond acceptors (Lipinski definition) is 3. The average molecular weight is 167 g/mol. The quantitative estimate of drug-likeness (QED) is 0.487. The third kappa shape index (κ3) is 6.28. The summed E-state index contributed by atoms with van der Waals surface area (Å²) in [5.74, 6) is -2.20. The molecule has 0 atom stereocenters. The second kappa shape index (κ2) is 5.91. The fourth-order valence-electron chi connectivity index (χ4n) is 0.313. The van der Waals surface area contributed by atoms with Crippen LogP contribution in [0.15, 0.2) is 42.9 Å². The van der Waals surface area contributed by atoms with E-state index in [0.717, 1.165) is 0 Å². The molecule has 0 bridgehead atoms. The normalized spacial score (nSPS) is 7.67. The van der Waals surface area contributed by atoms with Gasteiger partial charge in [-0.1, -0.05) is 6.07 Å². The summed E-state index contributed by atoms with van der Waals surface area (Å²) in [7, 11) is 0. The van der Waals surface area contributed by atoms with Crippen molar-refractivity contribution in [2.45, 2.75) is 0 Å². The lowest BCUT2D eigenvalue weighted by atomic mass is 10.5. The molecule has 0 fully saturated rings. The van der Waals surface area contributed by atoms with Crippen LogP contribution in [0.5, 0.6) is 0 Å². The molecular weight excluding hydrogens is 158 g/mol. The molecule has 12 heavy (non-hydrogen) atoms. The first-order valence-corrected chi connectivity index (χ1v) is 3.10. The van der Waals surface area contributed by atoms with Crippen molar-refractivity contribution < 1.29 is 15.0 Å². The number of rotatable bonds is 1. The number of aliphatic hydroxyl groups is 1. The van der Waals surface area contributed by atoms with Gasteiger partial charge in [-0.05, 0) is 18.7 Å². The summed E-state index contributed by atoms with van der Waals surface area (Å²) in [6.45, 7) is 2.71. The number of aliphatic carboxylic acids is 1. The molecule has 1 heterocycles. The minimum atomic E-state index is -1.38. The van der Waals surface area contributed by atoms with E-state index in [2.05, 4.69) is 11.6 Å². The number of aliphatic hydroxyl groups excluding tert-OH is 1. The van der Waals surface area contributed by atoms with E-state index in [1.165, 1.54) is 0 Å². The highest BCUT2D eigenvalue weighted by molar-refractivity contribution is 5.82. The third-order valence-electron chi connectivity index (χ3n) is 0.813. The standard InChI is InChI=1S/C5H5N.C3H4O3/c1-2-4-6-5-3-1;1-2(4)3(5)6/h1-5H;4H,1H2,(H,5,6). The van der Waals surface area contributed by atoms with Crippen LogP contribution >= 0.6 is 0 Å². The van der Waals surface area contributed by atoms with Crippen LogP contribution in [-0.2, 0) is 4.79 Å². The van der Waals surface area contributed by atoms with E-state index >= 15 is 0 Å². The highest BCUT2D eigenvalue weighted by atomic mass is 16.4. The van der Waals surface area contributed by atoms with Crippen LogP contribution in [0.1, 0.15) is 0 Å². The molecule has 0 spiro atoms. The summed E-state index contributed by atoms with van der Waals surface area (Å²) in [5, 5.41) is 15.5. The highest BCUT2D eigenvalue weighted by Gasteiger charge is 1.94. The molecule has 4 heteroatoms. The van der Waals surface area contributed by atoms with Gasteiger partial charge in [-0.25, -0.2) is 4.79 Å². The van der Waals surface area contributed by atoms with E-state index in [1.807, 2.05) is 18.2 Å². The van der Waals surface area contributed by atoms with E-state index in [0.29, 0.717) is 0 Å². The first kappa shape index (κ1) is 10.2. The number of pyridine rings is 1. The maximum Gasteiger partial charge on any atom is 0.370 e. The number of carboxylic acid groups (broad SMARTS) is 1. The van der Waals surface area contributed by atoms with Crippen molar-refractivity contribution in [2.75, 3.05) is 0 Å². The van der Waals surface area contributed by atoms with Crippen LogP contribution in [-0.4, -0.2) is 21.2 Å². The summed E-state index contributed by atoms with van der Waals surface area (Å²) >= 11 is 0. The SMILES string of the molecule is C=C(O)C(=O)O.c1ccncc1. The highest BCUT2D eigenvalue weighted by Crippen LogP contribution is 1.75. The van der Waals surface area contributed by atoms with Crippen molar-refractivity contribution in [3.63, 3.8) is 0 Å². The van der Waals surface area contributed by atoms with Gasteiger partial charge in [0.1, 0.15) is 0 Å². The molecule has 1 rings (SSSR count). The van der Waals surface area contributed by atoms with Gasteiger partial charge in [-0.3, -0.25) is 4.98 Å². The molecule has 2 N–H and O–H groups in total. The lowest BCUT2D eigenvalue weighted by molar-refractivity contribution is -0.135. The molecule has 0 saturated carbocycles. The van der Waals surface area contributed by atoms with E-state index in [1.54, 1.807) is 12.4 Å². The van der Waals surface area contributed by atoms with Crippen molar-refractivity contribution in [3.8, 4) is 0 Å². The Kier molecular flexibility index (Phi) is 5.00. The molecule has 0 amide bonds. The lowest BCUT2D eigenvalue weighted by Gasteiger charge is -1.79. The molecule has 0 saturated heterocycles. The van der Waals surface area contributed by atoms with Gasteiger partial charge in [0.15, 0.2) is 5.76 Å². The summed E-state index contributed by atoms with van der Waals surface area (Å²) in [4.78, 5) is 13.1. The van der Waals surface area contributed by atoms with Gasteiger partial charge in [0.05, 0.1) is 0 Å². The molecule has 4 nitrogen and oxygen atoms in total. The van der Waals surface area contributed by atoms with Crippen molar-refractivity contribution in [2.24, 2.45) is 0 Å². The van der Waals surface area contributed by atoms with E-state index in [4.69, 9.17) is 10.2 Å². The lowest BCUT2D eigenvalue weighted by Crippen LogP contribution is -1.95. The third-order valence-corrected chi connectivity index (χ3v) is 0.813. The minimum absolute atomic E-state index is 0.824. The van der Waals surface area contributed by atoms with Gasteiger partial charge >= 0.3 is 5.97 Å². The average Bonchev–Trinajstić information content (AvgIpc) is 2.08. The molecule has 1 aromatic heterocycles. The van der Waals surface area contributed by atoms with E-state index < -0.39 is 11.7 Å². The first-order chi connectivity index (χ1) is 5.64. The molecule has 64 valence electrons. The van der Waals surface area contributed by atoms with Crippen LogP contribution in [0.4, 0.5) is 0 Å². The topological polar surface area (TPSA) is 70.4 Å². The maximum absolute atomic E-state index is 9.35. The summed E-state index contributed by atoms with van der Waals surface area (Å²) in [5.41, 5.74) is 0. The summed E-state index contributed by atoms with van der Waals surface area (Å²) < 4.78 is 0. The van der Waals surface area contributed by atoms with Crippen LogP contribution in [0, 0.1) is 0 Å². The zero-order chi connectivity index (χ0) is 9.40. The van der Waals surface area contributed by atoms with Crippen molar-refractivity contribution >= 4 is 5.97 Å². The van der Waals surface area contributed by atoms with Gasteiger partial charge in [0.2, 0.25) is 0 Å². The molecule has 0 aliphatic heterocycles. The van der Waals surface area contributed by atoms with Crippen LogP contribution < -0.4 is 0 Å². The van der Waals surface area contributed by atoms with Gasteiger partial charge < -0.3 is 10.2 Å². The predicted octanol–water partition coefficient (Wildman–Crippen LogP) is 1.22. The van der Waals surface area contributed by atoms with Gasteiger partial charge in [-0.2, -0.15) is 0 Å². The first-order valence-electron chi connectivity index (χ1n) is 3.10. The number of carbonyl (C=O) groups is 1. The molecule has 0 unspecified atom stereocenters. The monoisotopic (exact) mass is 167 g/mol. The Morgan fingerprint density at radius 3 is 1.67 bits per heavy atom. The van der Waals surface area contributed by atoms with E-state index in [-0.39, 0.29) is 0 Å². The maximum atomic E-state index is 9.35. The Morgan fingerprint density at radius 2 is 1.58 bits per heavy atom. The van der Waals surface area contributed by atoms with Crippen molar-refractivity contribution in [3.05, 3.63) is 42.9 Å². The Bertz CT molecular complexity index is 207. The zero-order valence-corrected chi connectivity index (χ0v) is 6.34. The molecule has 0 radical (unpaired) electrons. The van der Waals surface area contributed by atoms with Crippen LogP contribution in [0.2, 0.25) is 0 Å². The van der Waals surface area contributed by atoms with Crippen molar-refractivity contribution in [1.29, 1.82) is 0 Å². The van der Waals surface area contributed by atoms with Gasteiger partial charge in [0.25, 0.3) is 0 Å². The van der Waals surface area contributed by atoms with Gasteiger partial charge in [0, 0.05) is 12.4 Å². The van der Waals surface area contributed by atoms with Crippen LogP contribution in [0.3, 0.4) is 0 Å². The number of nitrogens with zero attached hydrogens (tertiary/aromatic N) is 1.